The molecule has 0 saturated heterocycles. The van der Waals surface area contributed by atoms with Crippen LogP contribution < -0.4 is 10.1 Å². The number of carboxylic acids is 1. The number of nitrogens with one attached hydrogen (secondary N) is 2. The van der Waals surface area contributed by atoms with E-state index in [4.69, 9.17) is 16.3 Å². The normalized spacial score (nSPS) is 24.9. The molecule has 1 heterocycles. The number of aromatic nitrogens is 1. The first kappa shape index (κ1) is 25.8. The molecule has 1 spiro atoms. The first-order valence-electron chi connectivity index (χ1n) is 13.9. The van der Waals surface area contributed by atoms with E-state index in [1.165, 1.54) is 11.1 Å². The lowest BCUT2D eigenvalue weighted by Crippen LogP contribution is -2.53. The third-order valence-electron chi connectivity index (χ3n) is 9.18. The number of hydrogen-bond acceptors (Lipinski definition) is 3. The van der Waals surface area contributed by atoms with Crippen molar-refractivity contribution in [2.24, 2.45) is 11.8 Å². The van der Waals surface area contributed by atoms with Crippen molar-refractivity contribution < 1.29 is 14.6 Å². The second-order valence-corrected chi connectivity index (χ2v) is 12.0. The van der Waals surface area contributed by atoms with Crippen LogP contribution in [0.1, 0.15) is 50.2 Å². The van der Waals surface area contributed by atoms with Crippen LogP contribution in [0, 0.1) is 11.8 Å². The molecular weight excluding hydrogens is 508 g/mol. The number of anilines is 1. The van der Waals surface area contributed by atoms with E-state index in [0.717, 1.165) is 48.0 Å². The predicted molar refractivity (Wildman–Crippen MR) is 157 cm³/mol. The van der Waals surface area contributed by atoms with Crippen molar-refractivity contribution in [2.75, 3.05) is 11.9 Å². The molecule has 6 rings (SSSR count). The van der Waals surface area contributed by atoms with Gasteiger partial charge in [0.05, 0.1) is 6.61 Å². The first-order valence-corrected chi connectivity index (χ1v) is 14.3. The van der Waals surface area contributed by atoms with Gasteiger partial charge in [-0.3, -0.25) is 0 Å². The molecule has 5 nitrogen and oxygen atoms in total. The Bertz CT molecular complexity index is 1490. The molecule has 3 N–H and O–H groups in total. The average Bonchev–Trinajstić information content (AvgIpc) is 3.52. The molecule has 2 aliphatic rings. The summed E-state index contributed by atoms with van der Waals surface area (Å²) in [6, 6.07) is 24.3. The highest BCUT2D eigenvalue weighted by molar-refractivity contribution is 6.30. The molecule has 2 aliphatic carbocycles. The molecule has 4 aromatic rings. The molecule has 0 radical (unpaired) electrons. The molecule has 1 unspecified atom stereocenters. The molecule has 0 bridgehead atoms. The van der Waals surface area contributed by atoms with E-state index < -0.39 is 11.5 Å². The maximum Gasteiger partial charge on any atom is 0.329 e. The Labute approximate surface area is 234 Å². The quantitative estimate of drug-likeness (QED) is 0.212. The summed E-state index contributed by atoms with van der Waals surface area (Å²) in [6.45, 7) is 2.93. The Balaban J connectivity index is 1.20. The minimum absolute atomic E-state index is 0.0134. The maximum absolute atomic E-state index is 12.7. The van der Waals surface area contributed by atoms with Gasteiger partial charge in [-0.2, -0.15) is 0 Å². The summed E-state index contributed by atoms with van der Waals surface area (Å²) >= 11 is 6.20. The third kappa shape index (κ3) is 4.78. The van der Waals surface area contributed by atoms with E-state index in [0.29, 0.717) is 36.3 Å². The largest absolute Gasteiger partial charge is 0.493 e. The smallest absolute Gasteiger partial charge is 0.329 e. The standard InChI is InChI=1S/C33H35ClN2O3/c1-22(21-39-30-11-5-10-29-27(30)12-17-35-29)18-24-19-23-6-2-3-9-28(23)32(24)13-15-33(16-14-32,31(37)38)36-26-8-4-7-25(34)20-26/h2-12,17,20,22,24,35-36H,13-16,18-19,21H2,1H3,(H,37,38)/t22-,24?,32?,33?/m1/s1. The van der Waals surface area contributed by atoms with Gasteiger partial charge in [-0.05, 0) is 103 Å². The minimum Gasteiger partial charge on any atom is -0.493 e. The van der Waals surface area contributed by atoms with Crippen molar-refractivity contribution in [3.8, 4) is 5.75 Å². The number of rotatable bonds is 8. The maximum atomic E-state index is 12.7. The highest BCUT2D eigenvalue weighted by atomic mass is 35.5. The van der Waals surface area contributed by atoms with Crippen molar-refractivity contribution in [3.63, 3.8) is 0 Å². The monoisotopic (exact) mass is 542 g/mol. The molecule has 1 fully saturated rings. The van der Waals surface area contributed by atoms with E-state index in [9.17, 15) is 9.90 Å². The van der Waals surface area contributed by atoms with Gasteiger partial charge in [0.1, 0.15) is 11.3 Å². The summed E-state index contributed by atoms with van der Waals surface area (Å²) < 4.78 is 6.32. The molecule has 0 aliphatic heterocycles. The zero-order chi connectivity index (χ0) is 27.0. The molecular formula is C33H35ClN2O3. The number of carbonyl (C=O) groups is 1. The lowest BCUT2D eigenvalue weighted by molar-refractivity contribution is -0.144. The summed E-state index contributed by atoms with van der Waals surface area (Å²) in [5.41, 5.74) is 3.66. The number of ether oxygens (including phenoxy) is 1. The van der Waals surface area contributed by atoms with Crippen molar-refractivity contribution in [1.82, 2.24) is 4.98 Å². The zero-order valence-electron chi connectivity index (χ0n) is 22.3. The van der Waals surface area contributed by atoms with Gasteiger partial charge < -0.3 is 20.1 Å². The second-order valence-electron chi connectivity index (χ2n) is 11.6. The van der Waals surface area contributed by atoms with E-state index in [1.54, 1.807) is 12.1 Å². The molecule has 0 amide bonds. The van der Waals surface area contributed by atoms with Crippen LogP contribution in [0.5, 0.6) is 5.75 Å². The van der Waals surface area contributed by atoms with Crippen molar-refractivity contribution in [2.45, 2.75) is 56.4 Å². The van der Waals surface area contributed by atoms with E-state index in [1.807, 2.05) is 30.5 Å². The zero-order valence-corrected chi connectivity index (χ0v) is 23.0. The summed E-state index contributed by atoms with van der Waals surface area (Å²) in [4.78, 5) is 15.9. The number of halogens is 1. The first-order chi connectivity index (χ1) is 18.9. The molecule has 39 heavy (non-hydrogen) atoms. The number of carboxylic acid groups (broad SMARTS) is 1. The number of fused-ring (bicyclic) bond motifs is 3. The fraction of sp³-hybridized carbons (Fsp3) is 0.364. The Morgan fingerprint density at radius 1 is 1.08 bits per heavy atom. The fourth-order valence-corrected chi connectivity index (χ4v) is 7.37. The van der Waals surface area contributed by atoms with Crippen LogP contribution in [-0.4, -0.2) is 28.2 Å². The highest BCUT2D eigenvalue weighted by Crippen LogP contribution is 2.56. The Morgan fingerprint density at radius 3 is 2.67 bits per heavy atom. The Morgan fingerprint density at radius 2 is 1.87 bits per heavy atom. The third-order valence-corrected chi connectivity index (χ3v) is 9.42. The predicted octanol–water partition coefficient (Wildman–Crippen LogP) is 7.85. The van der Waals surface area contributed by atoms with Crippen LogP contribution in [0.3, 0.4) is 0 Å². The van der Waals surface area contributed by atoms with Crippen LogP contribution in [0.25, 0.3) is 10.9 Å². The average molecular weight is 543 g/mol. The SMILES string of the molecule is C[C@@H](COc1cccc2[nH]ccc12)CC1Cc2ccccc2C12CCC(Nc1cccc(Cl)c1)(C(=O)O)CC2. The number of aliphatic carboxylic acids is 1. The van der Waals surface area contributed by atoms with Crippen LogP contribution >= 0.6 is 11.6 Å². The van der Waals surface area contributed by atoms with Crippen molar-refractivity contribution >= 4 is 34.2 Å². The second kappa shape index (κ2) is 10.3. The van der Waals surface area contributed by atoms with Gasteiger partial charge in [0.2, 0.25) is 0 Å². The molecule has 202 valence electrons. The molecule has 1 saturated carbocycles. The fourth-order valence-electron chi connectivity index (χ4n) is 7.18. The van der Waals surface area contributed by atoms with Gasteiger partial charge in [0.25, 0.3) is 0 Å². The Kier molecular flexibility index (Phi) is 6.80. The van der Waals surface area contributed by atoms with Crippen LogP contribution in [0.15, 0.2) is 79.0 Å². The summed E-state index contributed by atoms with van der Waals surface area (Å²) in [5.74, 6) is 0.947. The summed E-state index contributed by atoms with van der Waals surface area (Å²) in [5, 5.41) is 15.5. The van der Waals surface area contributed by atoms with Crippen LogP contribution in [-0.2, 0) is 16.6 Å². The number of H-pyrrole nitrogens is 1. The molecule has 6 heteroatoms. The van der Waals surface area contributed by atoms with Crippen LogP contribution in [0.2, 0.25) is 5.02 Å². The number of benzene rings is 3. The summed E-state index contributed by atoms with van der Waals surface area (Å²) in [7, 11) is 0. The van der Waals surface area contributed by atoms with Crippen LogP contribution in [0.4, 0.5) is 5.69 Å². The van der Waals surface area contributed by atoms with Gasteiger partial charge in [-0.15, -0.1) is 0 Å². The van der Waals surface area contributed by atoms with E-state index >= 15 is 0 Å². The summed E-state index contributed by atoms with van der Waals surface area (Å²) in [6.07, 6.45) is 6.84. The minimum atomic E-state index is -0.998. The van der Waals surface area contributed by atoms with E-state index in [-0.39, 0.29) is 5.41 Å². The Hall–Kier alpha value is -3.44. The molecule has 1 aromatic heterocycles. The topological polar surface area (TPSA) is 74.3 Å². The van der Waals surface area contributed by atoms with Crippen molar-refractivity contribution in [3.05, 3.63) is 95.1 Å². The highest BCUT2D eigenvalue weighted by Gasteiger charge is 2.54. The number of aromatic amines is 1. The van der Waals surface area contributed by atoms with Gasteiger partial charge in [-0.1, -0.05) is 54.9 Å². The lowest BCUT2D eigenvalue weighted by atomic mass is 9.59. The van der Waals surface area contributed by atoms with Crippen molar-refractivity contribution in [1.29, 1.82) is 0 Å². The van der Waals surface area contributed by atoms with Gasteiger partial charge >= 0.3 is 5.97 Å². The lowest BCUT2D eigenvalue weighted by Gasteiger charge is -2.47. The number of hydrogen-bond donors (Lipinski definition) is 3. The van der Waals surface area contributed by atoms with Gasteiger partial charge in [0.15, 0.2) is 0 Å². The molecule has 2 atom stereocenters. The molecule has 3 aromatic carbocycles. The van der Waals surface area contributed by atoms with Gasteiger partial charge in [0, 0.05) is 27.8 Å². The van der Waals surface area contributed by atoms with Gasteiger partial charge in [-0.25, -0.2) is 4.79 Å². The van der Waals surface area contributed by atoms with E-state index in [2.05, 4.69) is 53.6 Å².